The molecule has 0 bridgehead atoms. The molecule has 9 heteroatoms. The van der Waals surface area contributed by atoms with E-state index in [4.69, 9.17) is 4.98 Å². The van der Waals surface area contributed by atoms with Gasteiger partial charge in [-0.15, -0.1) is 0 Å². The van der Waals surface area contributed by atoms with Crippen molar-refractivity contribution in [3.63, 3.8) is 0 Å². The summed E-state index contributed by atoms with van der Waals surface area (Å²) in [7, 11) is 0. The summed E-state index contributed by atoms with van der Waals surface area (Å²) in [6.45, 7) is 4.51. The molecule has 3 aliphatic rings. The molecule has 4 amide bonds. The van der Waals surface area contributed by atoms with Crippen LogP contribution in [0.15, 0.2) is 47.4 Å². The second-order valence-corrected chi connectivity index (χ2v) is 10.4. The van der Waals surface area contributed by atoms with Crippen LogP contribution in [-0.4, -0.2) is 44.7 Å². The number of pyridine rings is 1. The van der Waals surface area contributed by atoms with Crippen molar-refractivity contribution in [3.8, 4) is 0 Å². The number of carbonyl (C=O) groups is 3. The van der Waals surface area contributed by atoms with Crippen molar-refractivity contribution in [2.24, 2.45) is 5.41 Å². The topological polar surface area (TPSA) is 104 Å². The van der Waals surface area contributed by atoms with Gasteiger partial charge in [-0.25, -0.2) is 9.78 Å². The normalized spacial score (nSPS) is 23.6. The van der Waals surface area contributed by atoms with Gasteiger partial charge in [0.05, 0.1) is 18.2 Å². The molecule has 5 heterocycles. The lowest BCUT2D eigenvalue weighted by molar-refractivity contribution is -0.154. The van der Waals surface area contributed by atoms with Crippen LogP contribution in [0, 0.1) is 19.3 Å². The van der Waals surface area contributed by atoms with Crippen molar-refractivity contribution in [2.75, 3.05) is 11.4 Å². The molecule has 0 aliphatic carbocycles. The largest absolute Gasteiger partial charge is 0.352 e. The van der Waals surface area contributed by atoms with Crippen LogP contribution in [0.25, 0.3) is 5.65 Å². The summed E-state index contributed by atoms with van der Waals surface area (Å²) in [5, 5.41) is 2.47. The lowest BCUT2D eigenvalue weighted by Crippen LogP contribution is -2.72. The van der Waals surface area contributed by atoms with Gasteiger partial charge < -0.3 is 4.90 Å². The summed E-state index contributed by atoms with van der Waals surface area (Å²) in [6, 6.07) is 10.1. The van der Waals surface area contributed by atoms with E-state index in [0.29, 0.717) is 30.0 Å². The SMILES string of the molecule is Cc1ccc(CN2C(=O)NC(=O)[C@@]3(Cc4c(nc5c(C)cccn5c4=O)N4CCCCC[C@@H]43)C2=O)cc1. The Bertz CT molecular complexity index is 1510. The molecule has 1 spiro atoms. The Hall–Kier alpha value is -4.01. The minimum Gasteiger partial charge on any atom is -0.352 e. The molecule has 2 saturated heterocycles. The molecule has 0 radical (unpaired) electrons. The Labute approximate surface area is 214 Å². The average molecular weight is 500 g/mol. The molecule has 9 nitrogen and oxygen atoms in total. The van der Waals surface area contributed by atoms with Gasteiger partial charge in [0.2, 0.25) is 11.8 Å². The number of hydrogen-bond acceptors (Lipinski definition) is 6. The van der Waals surface area contributed by atoms with E-state index in [0.717, 1.165) is 40.9 Å². The Morgan fingerprint density at radius 2 is 1.81 bits per heavy atom. The molecule has 1 N–H and O–H groups in total. The number of aromatic nitrogens is 2. The zero-order chi connectivity index (χ0) is 25.9. The lowest BCUT2D eigenvalue weighted by atomic mass is 9.68. The molecule has 2 aromatic heterocycles. The smallest absolute Gasteiger partial charge is 0.331 e. The van der Waals surface area contributed by atoms with E-state index in [2.05, 4.69) is 5.32 Å². The molecule has 3 aromatic rings. The van der Waals surface area contributed by atoms with E-state index in [-0.39, 0.29) is 18.5 Å². The molecule has 2 atom stereocenters. The van der Waals surface area contributed by atoms with Crippen molar-refractivity contribution in [1.29, 1.82) is 0 Å². The van der Waals surface area contributed by atoms with E-state index in [9.17, 15) is 19.2 Å². The summed E-state index contributed by atoms with van der Waals surface area (Å²) in [6.07, 6.45) is 4.83. The van der Waals surface area contributed by atoms with Gasteiger partial charge in [-0.1, -0.05) is 48.7 Å². The minimum atomic E-state index is -1.59. The maximum absolute atomic E-state index is 14.3. The Morgan fingerprint density at radius 3 is 2.59 bits per heavy atom. The molecule has 3 aliphatic heterocycles. The Balaban J connectivity index is 1.52. The summed E-state index contributed by atoms with van der Waals surface area (Å²) >= 11 is 0. The number of anilines is 1. The van der Waals surface area contributed by atoms with Crippen molar-refractivity contribution in [2.45, 2.75) is 58.5 Å². The van der Waals surface area contributed by atoms with Crippen molar-refractivity contribution >= 4 is 29.3 Å². The van der Waals surface area contributed by atoms with E-state index in [1.807, 2.05) is 49.1 Å². The third-order valence-electron chi connectivity index (χ3n) is 8.13. The predicted octanol–water partition coefficient (Wildman–Crippen LogP) is 2.88. The zero-order valence-corrected chi connectivity index (χ0v) is 21.0. The first-order valence-corrected chi connectivity index (χ1v) is 12.8. The second-order valence-electron chi connectivity index (χ2n) is 10.4. The Morgan fingerprint density at radius 1 is 1.03 bits per heavy atom. The average Bonchev–Trinajstić information content (AvgIpc) is 3.14. The molecule has 1 aromatic carbocycles. The molecule has 190 valence electrons. The number of nitrogens with one attached hydrogen (secondary N) is 1. The third kappa shape index (κ3) is 3.48. The number of rotatable bonds is 2. The quantitative estimate of drug-likeness (QED) is 0.544. The van der Waals surface area contributed by atoms with E-state index in [1.54, 1.807) is 12.3 Å². The number of fused-ring (bicyclic) bond motifs is 5. The number of carbonyl (C=O) groups excluding carboxylic acids is 3. The highest BCUT2D eigenvalue weighted by Gasteiger charge is 2.62. The monoisotopic (exact) mass is 499 g/mol. The van der Waals surface area contributed by atoms with E-state index in [1.165, 1.54) is 4.40 Å². The standard InChI is InChI=1S/C28H29N5O4/c1-17-9-11-19(12-10-17)16-33-26(36)28(25(35)30-27(33)37)15-20-23(31-13-5-3-4-8-21(28)31)29-22-18(2)7-6-14-32(22)24(20)34/h6-7,9-12,14,21H,3-5,8,13,15-16H2,1-2H3,(H,30,35,37)/t21-,28+/m1/s1. The Kier molecular flexibility index (Phi) is 5.40. The van der Waals surface area contributed by atoms with Gasteiger partial charge in [-0.3, -0.25) is 29.0 Å². The zero-order valence-electron chi connectivity index (χ0n) is 21.0. The van der Waals surface area contributed by atoms with Crippen LogP contribution in [0.1, 0.15) is 47.9 Å². The highest BCUT2D eigenvalue weighted by atomic mass is 16.2. The highest BCUT2D eigenvalue weighted by Crippen LogP contribution is 2.46. The lowest BCUT2D eigenvalue weighted by Gasteiger charge is -2.50. The number of aryl methyl sites for hydroxylation is 2. The van der Waals surface area contributed by atoms with E-state index >= 15 is 0 Å². The van der Waals surface area contributed by atoms with Crippen LogP contribution in [0.5, 0.6) is 0 Å². The van der Waals surface area contributed by atoms with Crippen LogP contribution < -0.4 is 15.8 Å². The van der Waals surface area contributed by atoms with Gasteiger partial charge in [0.25, 0.3) is 5.56 Å². The number of barbiturate groups is 1. The van der Waals surface area contributed by atoms with Gasteiger partial charge in [-0.2, -0.15) is 0 Å². The van der Waals surface area contributed by atoms with Crippen molar-refractivity contribution in [1.82, 2.24) is 19.6 Å². The maximum atomic E-state index is 14.3. The van der Waals surface area contributed by atoms with E-state index < -0.39 is 29.3 Å². The van der Waals surface area contributed by atoms with Gasteiger partial charge in [-0.05, 0) is 43.9 Å². The van der Waals surface area contributed by atoms with Crippen molar-refractivity contribution < 1.29 is 14.4 Å². The number of urea groups is 1. The van der Waals surface area contributed by atoms with Crippen LogP contribution >= 0.6 is 0 Å². The molecule has 2 fully saturated rings. The molecule has 0 saturated carbocycles. The van der Waals surface area contributed by atoms with Gasteiger partial charge in [0.15, 0.2) is 5.41 Å². The van der Waals surface area contributed by atoms with Crippen molar-refractivity contribution in [3.05, 3.63) is 75.2 Å². The summed E-state index contributed by atoms with van der Waals surface area (Å²) in [5.41, 5.74) is 1.77. The molecular weight excluding hydrogens is 470 g/mol. The fraction of sp³-hybridized carbons (Fsp3) is 0.393. The molecule has 6 rings (SSSR count). The van der Waals surface area contributed by atoms with Gasteiger partial charge >= 0.3 is 6.03 Å². The summed E-state index contributed by atoms with van der Waals surface area (Å²) in [5.74, 6) is -0.614. The second kappa shape index (κ2) is 8.54. The number of benzene rings is 1. The summed E-state index contributed by atoms with van der Waals surface area (Å²) < 4.78 is 1.49. The first kappa shape index (κ1) is 23.4. The maximum Gasteiger partial charge on any atom is 0.331 e. The highest BCUT2D eigenvalue weighted by molar-refractivity contribution is 6.20. The minimum absolute atomic E-state index is 0.0493. The first-order chi connectivity index (χ1) is 17.8. The fourth-order valence-electron chi connectivity index (χ4n) is 6.16. The molecular formula is C28H29N5O4. The first-order valence-electron chi connectivity index (χ1n) is 12.8. The molecule has 0 unspecified atom stereocenters. The third-order valence-corrected chi connectivity index (χ3v) is 8.13. The van der Waals surface area contributed by atoms with Crippen LogP contribution in [0.2, 0.25) is 0 Å². The predicted molar refractivity (Wildman–Crippen MR) is 137 cm³/mol. The number of nitrogens with zero attached hydrogens (tertiary/aromatic N) is 4. The van der Waals surface area contributed by atoms with Gasteiger partial charge in [0.1, 0.15) is 11.5 Å². The number of amides is 4. The van der Waals surface area contributed by atoms with Gasteiger partial charge in [0, 0.05) is 19.2 Å². The van der Waals surface area contributed by atoms with Crippen LogP contribution in [-0.2, 0) is 22.6 Å². The fourth-order valence-corrected chi connectivity index (χ4v) is 6.16. The van der Waals surface area contributed by atoms with Crippen LogP contribution in [0.4, 0.5) is 10.6 Å². The van der Waals surface area contributed by atoms with Crippen LogP contribution in [0.3, 0.4) is 0 Å². The molecule has 37 heavy (non-hydrogen) atoms. The number of imide groups is 2. The number of hydrogen-bond donors (Lipinski definition) is 1. The summed E-state index contributed by atoms with van der Waals surface area (Å²) in [4.78, 5) is 62.7.